The molecule has 0 spiro atoms. The Balaban J connectivity index is 2.01. The molecule has 2 rings (SSSR count). The highest BCUT2D eigenvalue weighted by atomic mass is 35.5. The minimum atomic E-state index is -0.559. The standard InChI is InChI=1S/C11H8ClN3O3S/c12-8-2-1-3-13-11(8)19-6-10(16)9-4-7(5-14-9)15(17)18/h1-5,14H,6H2. The van der Waals surface area contributed by atoms with Crippen LogP contribution in [0.5, 0.6) is 0 Å². The van der Waals surface area contributed by atoms with Gasteiger partial charge in [-0.1, -0.05) is 23.4 Å². The van der Waals surface area contributed by atoms with E-state index in [9.17, 15) is 14.9 Å². The quantitative estimate of drug-likeness (QED) is 0.397. The van der Waals surface area contributed by atoms with Crippen molar-refractivity contribution in [2.45, 2.75) is 5.03 Å². The van der Waals surface area contributed by atoms with Crippen LogP contribution in [0, 0.1) is 10.1 Å². The van der Waals surface area contributed by atoms with E-state index in [1.165, 1.54) is 24.0 Å². The highest BCUT2D eigenvalue weighted by Gasteiger charge is 2.15. The zero-order chi connectivity index (χ0) is 13.8. The van der Waals surface area contributed by atoms with Crippen LogP contribution in [-0.4, -0.2) is 26.4 Å². The summed E-state index contributed by atoms with van der Waals surface area (Å²) in [7, 11) is 0. The molecule has 0 aliphatic heterocycles. The minimum Gasteiger partial charge on any atom is -0.353 e. The van der Waals surface area contributed by atoms with Crippen molar-refractivity contribution in [3.8, 4) is 0 Å². The third kappa shape index (κ3) is 3.33. The molecule has 0 aliphatic rings. The normalized spacial score (nSPS) is 10.4. The van der Waals surface area contributed by atoms with Gasteiger partial charge in [0.25, 0.3) is 5.69 Å². The molecule has 0 saturated carbocycles. The van der Waals surface area contributed by atoms with Gasteiger partial charge in [-0.05, 0) is 12.1 Å². The topological polar surface area (TPSA) is 88.9 Å². The van der Waals surface area contributed by atoms with Gasteiger partial charge in [0.15, 0.2) is 5.78 Å². The monoisotopic (exact) mass is 297 g/mol. The first kappa shape index (κ1) is 13.6. The lowest BCUT2D eigenvalue weighted by atomic mass is 10.3. The van der Waals surface area contributed by atoms with Gasteiger partial charge in [-0.25, -0.2) is 4.98 Å². The number of ketones is 1. The molecule has 0 fully saturated rings. The SMILES string of the molecule is O=C(CSc1ncccc1Cl)c1cc([N+](=O)[O-])c[nH]1. The van der Waals surface area contributed by atoms with E-state index in [0.717, 1.165) is 0 Å². The van der Waals surface area contributed by atoms with E-state index >= 15 is 0 Å². The van der Waals surface area contributed by atoms with Crippen molar-refractivity contribution in [3.63, 3.8) is 0 Å². The average Bonchev–Trinajstić information content (AvgIpc) is 2.87. The molecule has 0 atom stereocenters. The summed E-state index contributed by atoms with van der Waals surface area (Å²) in [5.41, 5.74) is 0.0653. The van der Waals surface area contributed by atoms with Crippen LogP contribution in [0.15, 0.2) is 35.6 Å². The van der Waals surface area contributed by atoms with Gasteiger partial charge in [0, 0.05) is 12.3 Å². The molecule has 2 heterocycles. The predicted molar refractivity (Wildman–Crippen MR) is 71.7 cm³/mol. The number of aromatic amines is 1. The van der Waals surface area contributed by atoms with E-state index < -0.39 is 4.92 Å². The largest absolute Gasteiger partial charge is 0.353 e. The van der Waals surface area contributed by atoms with Crippen LogP contribution in [-0.2, 0) is 0 Å². The number of thioether (sulfide) groups is 1. The maximum Gasteiger partial charge on any atom is 0.287 e. The number of Topliss-reactive ketones (excluding diaryl/α,β-unsaturated/α-hetero) is 1. The summed E-state index contributed by atoms with van der Waals surface area (Å²) >= 11 is 7.09. The minimum absolute atomic E-state index is 0.106. The highest BCUT2D eigenvalue weighted by molar-refractivity contribution is 8.00. The van der Waals surface area contributed by atoms with E-state index in [0.29, 0.717) is 10.0 Å². The number of hydrogen-bond acceptors (Lipinski definition) is 5. The number of carbonyl (C=O) groups excluding carboxylic acids is 1. The number of aromatic nitrogens is 2. The fourth-order valence-corrected chi connectivity index (χ4v) is 2.39. The molecule has 2 aromatic heterocycles. The number of nitrogens with one attached hydrogen (secondary N) is 1. The van der Waals surface area contributed by atoms with Gasteiger partial charge < -0.3 is 4.98 Å². The molecule has 2 aromatic rings. The summed E-state index contributed by atoms with van der Waals surface area (Å²) in [6, 6.07) is 4.59. The van der Waals surface area contributed by atoms with Gasteiger partial charge in [0.2, 0.25) is 0 Å². The molecule has 0 saturated heterocycles. The molecule has 98 valence electrons. The zero-order valence-corrected chi connectivity index (χ0v) is 11.1. The van der Waals surface area contributed by atoms with Gasteiger partial charge in [-0.15, -0.1) is 0 Å². The number of rotatable bonds is 5. The average molecular weight is 298 g/mol. The van der Waals surface area contributed by atoms with Crippen molar-refractivity contribution in [2.24, 2.45) is 0 Å². The Morgan fingerprint density at radius 1 is 1.58 bits per heavy atom. The second-order valence-corrected chi connectivity index (χ2v) is 4.90. The van der Waals surface area contributed by atoms with Crippen molar-refractivity contribution in [1.82, 2.24) is 9.97 Å². The molecular weight excluding hydrogens is 290 g/mol. The molecule has 6 nitrogen and oxygen atoms in total. The van der Waals surface area contributed by atoms with Crippen LogP contribution in [0.4, 0.5) is 5.69 Å². The Hall–Kier alpha value is -1.86. The van der Waals surface area contributed by atoms with Crippen LogP contribution in [0.2, 0.25) is 5.02 Å². The van der Waals surface area contributed by atoms with Crippen LogP contribution in [0.1, 0.15) is 10.5 Å². The number of halogens is 1. The van der Waals surface area contributed by atoms with Crippen LogP contribution < -0.4 is 0 Å². The lowest BCUT2D eigenvalue weighted by Gasteiger charge is -2.00. The number of carbonyl (C=O) groups is 1. The van der Waals surface area contributed by atoms with E-state index in [1.54, 1.807) is 18.3 Å². The third-order valence-corrected chi connectivity index (χ3v) is 3.67. The van der Waals surface area contributed by atoms with Gasteiger partial charge in [0.05, 0.1) is 27.6 Å². The maximum atomic E-state index is 11.8. The molecule has 0 radical (unpaired) electrons. The molecule has 0 amide bonds. The fourth-order valence-electron chi connectivity index (χ4n) is 1.34. The summed E-state index contributed by atoms with van der Waals surface area (Å²) in [6.07, 6.45) is 2.77. The van der Waals surface area contributed by atoms with Gasteiger partial charge in [-0.2, -0.15) is 0 Å². The lowest BCUT2D eigenvalue weighted by molar-refractivity contribution is -0.384. The van der Waals surface area contributed by atoms with Crippen molar-refractivity contribution >= 4 is 34.8 Å². The molecule has 19 heavy (non-hydrogen) atoms. The second-order valence-electron chi connectivity index (χ2n) is 3.53. The van der Waals surface area contributed by atoms with Gasteiger partial charge >= 0.3 is 0 Å². The first-order valence-electron chi connectivity index (χ1n) is 5.17. The van der Waals surface area contributed by atoms with E-state index in [1.807, 2.05) is 0 Å². The van der Waals surface area contributed by atoms with Crippen molar-refractivity contribution < 1.29 is 9.72 Å². The second kappa shape index (κ2) is 5.85. The van der Waals surface area contributed by atoms with Crippen molar-refractivity contribution in [2.75, 3.05) is 5.75 Å². The lowest BCUT2D eigenvalue weighted by Crippen LogP contribution is -2.02. The van der Waals surface area contributed by atoms with Gasteiger partial charge in [0.1, 0.15) is 5.03 Å². The van der Waals surface area contributed by atoms with E-state index in [-0.39, 0.29) is 22.9 Å². The molecule has 0 aromatic carbocycles. The number of nitrogens with zero attached hydrogens (tertiary/aromatic N) is 2. The Bertz CT molecular complexity index is 629. The summed E-state index contributed by atoms with van der Waals surface area (Å²) in [6.45, 7) is 0. The van der Waals surface area contributed by atoms with Crippen LogP contribution in [0.3, 0.4) is 0 Å². The maximum absolute atomic E-state index is 11.8. The first-order valence-corrected chi connectivity index (χ1v) is 6.53. The number of H-pyrrole nitrogens is 1. The summed E-state index contributed by atoms with van der Waals surface area (Å²) in [5, 5.41) is 11.5. The smallest absolute Gasteiger partial charge is 0.287 e. The summed E-state index contributed by atoms with van der Waals surface area (Å²) in [5.74, 6) is -0.145. The Morgan fingerprint density at radius 2 is 2.37 bits per heavy atom. The first-order chi connectivity index (χ1) is 9.08. The van der Waals surface area contributed by atoms with Crippen LogP contribution >= 0.6 is 23.4 Å². The zero-order valence-electron chi connectivity index (χ0n) is 9.50. The van der Waals surface area contributed by atoms with Crippen molar-refractivity contribution in [3.05, 3.63) is 51.4 Å². The number of nitro groups is 1. The Morgan fingerprint density at radius 3 is 3.00 bits per heavy atom. The summed E-state index contributed by atoms with van der Waals surface area (Å²) in [4.78, 5) is 28.4. The number of hydrogen-bond donors (Lipinski definition) is 1. The molecule has 8 heteroatoms. The van der Waals surface area contributed by atoms with E-state index in [4.69, 9.17) is 11.6 Å². The Kier molecular flexibility index (Phi) is 4.18. The van der Waals surface area contributed by atoms with Gasteiger partial charge in [-0.3, -0.25) is 14.9 Å². The molecule has 0 aliphatic carbocycles. The summed E-state index contributed by atoms with van der Waals surface area (Å²) < 4.78 is 0. The molecular formula is C11H8ClN3O3S. The highest BCUT2D eigenvalue weighted by Crippen LogP contribution is 2.25. The Labute approximate surface area is 117 Å². The third-order valence-electron chi connectivity index (χ3n) is 2.24. The molecule has 0 unspecified atom stereocenters. The van der Waals surface area contributed by atoms with E-state index in [2.05, 4.69) is 9.97 Å². The predicted octanol–water partition coefficient (Wildman–Crippen LogP) is 2.95. The fraction of sp³-hybridized carbons (Fsp3) is 0.0909. The molecule has 1 N–H and O–H groups in total. The van der Waals surface area contributed by atoms with Crippen LogP contribution in [0.25, 0.3) is 0 Å². The number of pyridine rings is 1. The molecule has 0 bridgehead atoms. The van der Waals surface area contributed by atoms with Crippen molar-refractivity contribution in [1.29, 1.82) is 0 Å².